The molecule has 0 aliphatic carbocycles. The second-order valence-electron chi connectivity index (χ2n) is 6.15. The average molecular weight is 353 g/mol. The van der Waals surface area contributed by atoms with E-state index in [9.17, 15) is 4.79 Å². The summed E-state index contributed by atoms with van der Waals surface area (Å²) in [6.45, 7) is 2.75. The number of hydrogen-bond acceptors (Lipinski definition) is 5. The molecule has 2 heterocycles. The van der Waals surface area contributed by atoms with E-state index in [4.69, 9.17) is 15.9 Å². The van der Waals surface area contributed by atoms with Crippen molar-refractivity contribution in [1.29, 1.82) is 5.41 Å². The molecule has 0 atom stereocenters. The van der Waals surface area contributed by atoms with Gasteiger partial charge in [-0.25, -0.2) is 4.98 Å². The summed E-state index contributed by atoms with van der Waals surface area (Å²) in [6, 6.07) is 10.7. The molecule has 3 rings (SSSR count). The molecule has 0 saturated carbocycles. The third-order valence-electron chi connectivity index (χ3n) is 4.24. The Kier molecular flexibility index (Phi) is 5.68. The number of aromatic nitrogens is 1. The van der Waals surface area contributed by atoms with Gasteiger partial charge < -0.3 is 20.7 Å². The SMILES string of the molecule is N=C(N)c1cccc(OCCNC(=O)c2ccc(N3CCCC3)nc2)c1. The van der Waals surface area contributed by atoms with Crippen molar-refractivity contribution in [1.82, 2.24) is 10.3 Å². The average Bonchev–Trinajstić information content (AvgIpc) is 3.20. The van der Waals surface area contributed by atoms with Crippen molar-refractivity contribution in [2.24, 2.45) is 5.73 Å². The van der Waals surface area contributed by atoms with E-state index in [0.29, 0.717) is 30.0 Å². The number of nitrogens with two attached hydrogens (primary N) is 1. The van der Waals surface area contributed by atoms with E-state index in [1.54, 1.807) is 36.5 Å². The van der Waals surface area contributed by atoms with Crippen LogP contribution < -0.4 is 20.7 Å². The summed E-state index contributed by atoms with van der Waals surface area (Å²) < 4.78 is 5.58. The van der Waals surface area contributed by atoms with E-state index in [1.807, 2.05) is 6.07 Å². The smallest absolute Gasteiger partial charge is 0.252 e. The predicted octanol–water partition coefficient (Wildman–Crippen LogP) is 1.77. The van der Waals surface area contributed by atoms with Gasteiger partial charge in [-0.1, -0.05) is 12.1 Å². The molecule has 0 unspecified atom stereocenters. The van der Waals surface area contributed by atoms with E-state index in [0.717, 1.165) is 18.9 Å². The fourth-order valence-electron chi connectivity index (χ4n) is 2.84. The Hall–Kier alpha value is -3.09. The van der Waals surface area contributed by atoms with Crippen molar-refractivity contribution < 1.29 is 9.53 Å². The maximum absolute atomic E-state index is 12.2. The summed E-state index contributed by atoms with van der Waals surface area (Å²) in [5.41, 5.74) is 6.59. The molecule has 0 spiro atoms. The minimum atomic E-state index is -0.174. The highest BCUT2D eigenvalue weighted by Gasteiger charge is 2.14. The van der Waals surface area contributed by atoms with Crippen LogP contribution in [-0.2, 0) is 0 Å². The Balaban J connectivity index is 1.45. The fraction of sp³-hybridized carbons (Fsp3) is 0.316. The number of carbonyl (C=O) groups is 1. The first-order valence-electron chi connectivity index (χ1n) is 8.70. The first-order chi connectivity index (χ1) is 12.6. The Morgan fingerprint density at radius 3 is 2.73 bits per heavy atom. The van der Waals surface area contributed by atoms with Gasteiger partial charge in [0.2, 0.25) is 0 Å². The van der Waals surface area contributed by atoms with Crippen LogP contribution in [0, 0.1) is 5.41 Å². The third kappa shape index (κ3) is 4.50. The molecule has 1 amide bonds. The summed E-state index contributed by atoms with van der Waals surface area (Å²) in [5, 5.41) is 10.2. The number of benzene rings is 1. The molecule has 1 aliphatic heterocycles. The van der Waals surface area contributed by atoms with Gasteiger partial charge in [-0.3, -0.25) is 10.2 Å². The topological polar surface area (TPSA) is 104 Å². The lowest BCUT2D eigenvalue weighted by molar-refractivity contribution is 0.0946. The number of anilines is 1. The molecule has 1 aromatic heterocycles. The first-order valence-corrected chi connectivity index (χ1v) is 8.70. The highest BCUT2D eigenvalue weighted by Crippen LogP contribution is 2.17. The summed E-state index contributed by atoms with van der Waals surface area (Å²) in [5.74, 6) is 1.36. The molecule has 2 aromatic rings. The normalized spacial score (nSPS) is 13.5. The van der Waals surface area contributed by atoms with E-state index in [2.05, 4.69) is 15.2 Å². The lowest BCUT2D eigenvalue weighted by atomic mass is 10.2. The van der Waals surface area contributed by atoms with Gasteiger partial charge in [-0.2, -0.15) is 0 Å². The van der Waals surface area contributed by atoms with Gasteiger partial charge in [0, 0.05) is 24.8 Å². The van der Waals surface area contributed by atoms with E-state index in [-0.39, 0.29) is 11.7 Å². The zero-order valence-electron chi connectivity index (χ0n) is 14.6. The van der Waals surface area contributed by atoms with Crippen LogP contribution in [0.25, 0.3) is 0 Å². The summed E-state index contributed by atoms with van der Waals surface area (Å²) in [6.07, 6.45) is 4.00. The molecule has 1 aromatic carbocycles. The number of amides is 1. The van der Waals surface area contributed by atoms with E-state index >= 15 is 0 Å². The number of pyridine rings is 1. The second kappa shape index (κ2) is 8.33. The Morgan fingerprint density at radius 2 is 2.04 bits per heavy atom. The van der Waals surface area contributed by atoms with Crippen molar-refractivity contribution in [3.63, 3.8) is 0 Å². The van der Waals surface area contributed by atoms with Crippen LogP contribution in [-0.4, -0.2) is 43.0 Å². The van der Waals surface area contributed by atoms with Crippen LogP contribution >= 0.6 is 0 Å². The van der Waals surface area contributed by atoms with Crippen molar-refractivity contribution in [2.75, 3.05) is 31.1 Å². The molecule has 26 heavy (non-hydrogen) atoms. The quantitative estimate of drug-likeness (QED) is 0.400. The molecule has 0 radical (unpaired) electrons. The fourth-order valence-corrected chi connectivity index (χ4v) is 2.84. The second-order valence-corrected chi connectivity index (χ2v) is 6.15. The summed E-state index contributed by atoms with van der Waals surface area (Å²) in [4.78, 5) is 18.8. The van der Waals surface area contributed by atoms with Crippen molar-refractivity contribution in [2.45, 2.75) is 12.8 Å². The number of amidine groups is 1. The molecule has 1 saturated heterocycles. The summed E-state index contributed by atoms with van der Waals surface area (Å²) in [7, 11) is 0. The maximum Gasteiger partial charge on any atom is 0.252 e. The third-order valence-corrected chi connectivity index (χ3v) is 4.24. The molecule has 4 N–H and O–H groups in total. The minimum Gasteiger partial charge on any atom is -0.492 e. The lowest BCUT2D eigenvalue weighted by Crippen LogP contribution is -2.28. The highest BCUT2D eigenvalue weighted by atomic mass is 16.5. The number of rotatable bonds is 7. The van der Waals surface area contributed by atoms with Gasteiger partial charge in [-0.15, -0.1) is 0 Å². The molecular formula is C19H23N5O2. The number of nitrogen functional groups attached to an aromatic ring is 1. The predicted molar refractivity (Wildman–Crippen MR) is 101 cm³/mol. The van der Waals surface area contributed by atoms with Gasteiger partial charge in [0.15, 0.2) is 0 Å². The van der Waals surface area contributed by atoms with Gasteiger partial charge in [0.25, 0.3) is 5.91 Å². The number of hydrogen-bond donors (Lipinski definition) is 3. The molecule has 0 bridgehead atoms. The van der Waals surface area contributed by atoms with Gasteiger partial charge >= 0.3 is 0 Å². The monoisotopic (exact) mass is 353 g/mol. The number of carbonyl (C=O) groups excluding carboxylic acids is 1. The van der Waals surface area contributed by atoms with Crippen LogP contribution in [0.2, 0.25) is 0 Å². The molecule has 1 aliphatic rings. The van der Waals surface area contributed by atoms with Gasteiger partial charge in [-0.05, 0) is 37.1 Å². The zero-order chi connectivity index (χ0) is 18.4. The molecule has 7 heteroatoms. The van der Waals surface area contributed by atoms with Crippen LogP contribution in [0.3, 0.4) is 0 Å². The van der Waals surface area contributed by atoms with E-state index < -0.39 is 0 Å². The van der Waals surface area contributed by atoms with E-state index in [1.165, 1.54) is 12.8 Å². The largest absolute Gasteiger partial charge is 0.492 e. The maximum atomic E-state index is 12.2. The standard InChI is InChI=1S/C19H23N5O2/c20-18(21)14-4-3-5-16(12-14)26-11-8-22-19(25)15-6-7-17(23-13-15)24-9-1-2-10-24/h3-7,12-13H,1-2,8-11H2,(H3,20,21)(H,22,25). The Labute approximate surface area is 152 Å². The van der Waals surface area contributed by atoms with Crippen molar-refractivity contribution >= 4 is 17.6 Å². The van der Waals surface area contributed by atoms with Crippen LogP contribution in [0.1, 0.15) is 28.8 Å². The van der Waals surface area contributed by atoms with Gasteiger partial charge in [0.05, 0.1) is 12.1 Å². The molecule has 7 nitrogen and oxygen atoms in total. The van der Waals surface area contributed by atoms with Gasteiger partial charge in [0.1, 0.15) is 24.0 Å². The summed E-state index contributed by atoms with van der Waals surface area (Å²) >= 11 is 0. The number of ether oxygens (including phenoxy) is 1. The first kappa shape index (κ1) is 17.7. The Bertz CT molecular complexity index is 770. The molecule has 1 fully saturated rings. The van der Waals surface area contributed by atoms with Crippen molar-refractivity contribution in [3.05, 3.63) is 53.7 Å². The minimum absolute atomic E-state index is 0.00590. The van der Waals surface area contributed by atoms with Crippen LogP contribution in [0.4, 0.5) is 5.82 Å². The number of nitrogens with zero attached hydrogens (tertiary/aromatic N) is 2. The van der Waals surface area contributed by atoms with Crippen LogP contribution in [0.5, 0.6) is 5.75 Å². The van der Waals surface area contributed by atoms with Crippen molar-refractivity contribution in [3.8, 4) is 5.75 Å². The van der Waals surface area contributed by atoms with Crippen LogP contribution in [0.15, 0.2) is 42.6 Å². The molecular weight excluding hydrogens is 330 g/mol. The highest BCUT2D eigenvalue weighted by molar-refractivity contribution is 5.95. The molecule has 136 valence electrons. The lowest BCUT2D eigenvalue weighted by Gasteiger charge is -2.16. The Morgan fingerprint density at radius 1 is 1.23 bits per heavy atom. The zero-order valence-corrected chi connectivity index (χ0v) is 14.6. The number of nitrogens with one attached hydrogen (secondary N) is 2.